The van der Waals surface area contributed by atoms with E-state index < -0.39 is 0 Å². The van der Waals surface area contributed by atoms with Crippen LogP contribution in [0.1, 0.15) is 39.0 Å². The van der Waals surface area contributed by atoms with Crippen LogP contribution in [0, 0.1) is 6.92 Å². The summed E-state index contributed by atoms with van der Waals surface area (Å²) in [5.41, 5.74) is 5.59. The second-order valence-corrected chi connectivity index (χ2v) is 6.29. The Balaban J connectivity index is 1.62. The normalized spacial score (nSPS) is 11.1. The fraction of sp³-hybridized carbons (Fsp3) is 0.136. The lowest BCUT2D eigenvalue weighted by Gasteiger charge is -2.08. The second-order valence-electron chi connectivity index (χ2n) is 6.29. The molecule has 0 aliphatic heterocycles. The molecule has 3 rings (SSSR count). The maximum atomic E-state index is 12.3. The topological polar surface area (TPSA) is 92.9 Å². The van der Waals surface area contributed by atoms with E-state index in [1.807, 2.05) is 12.1 Å². The van der Waals surface area contributed by atoms with Gasteiger partial charge in [0.25, 0.3) is 11.8 Å². The van der Waals surface area contributed by atoms with E-state index in [0.717, 1.165) is 5.56 Å². The largest absolute Gasteiger partial charge is 0.497 e. The molecule has 3 aromatic rings. The van der Waals surface area contributed by atoms with Crippen LogP contribution in [0.4, 0.5) is 5.69 Å². The number of methoxy groups -OCH3 is 1. The van der Waals surface area contributed by atoms with Crippen LogP contribution in [-0.2, 0) is 0 Å². The zero-order chi connectivity index (χ0) is 20.8. The van der Waals surface area contributed by atoms with E-state index in [4.69, 9.17) is 9.15 Å². The lowest BCUT2D eigenvalue weighted by molar-refractivity contribution is 0.0952. The van der Waals surface area contributed by atoms with Crippen molar-refractivity contribution in [1.29, 1.82) is 0 Å². The van der Waals surface area contributed by atoms with E-state index >= 15 is 0 Å². The van der Waals surface area contributed by atoms with Crippen molar-refractivity contribution in [3.8, 4) is 5.75 Å². The lowest BCUT2D eigenvalue weighted by atomic mass is 10.1. The van der Waals surface area contributed by atoms with Gasteiger partial charge in [-0.3, -0.25) is 9.59 Å². The van der Waals surface area contributed by atoms with Crippen LogP contribution in [0.3, 0.4) is 0 Å². The number of anilines is 1. The van der Waals surface area contributed by atoms with Crippen LogP contribution in [-0.4, -0.2) is 24.6 Å². The van der Waals surface area contributed by atoms with Gasteiger partial charge in [-0.2, -0.15) is 5.10 Å². The number of nitrogens with zero attached hydrogens (tertiary/aromatic N) is 1. The zero-order valence-corrected chi connectivity index (χ0v) is 16.4. The van der Waals surface area contributed by atoms with Crippen LogP contribution < -0.4 is 15.5 Å². The van der Waals surface area contributed by atoms with Gasteiger partial charge in [-0.1, -0.05) is 12.1 Å². The number of ether oxygens (including phenoxy) is 1. The van der Waals surface area contributed by atoms with E-state index in [2.05, 4.69) is 15.8 Å². The molecule has 2 amide bonds. The summed E-state index contributed by atoms with van der Waals surface area (Å²) < 4.78 is 10.2. The molecule has 1 heterocycles. The van der Waals surface area contributed by atoms with Gasteiger partial charge in [0.2, 0.25) is 0 Å². The first-order chi connectivity index (χ1) is 14.0. The zero-order valence-electron chi connectivity index (χ0n) is 16.4. The number of benzene rings is 2. The average Bonchev–Trinajstić information content (AvgIpc) is 3.18. The third-order valence-corrected chi connectivity index (χ3v) is 4.34. The molecule has 0 atom stereocenters. The number of amides is 2. The molecule has 0 unspecified atom stereocenters. The van der Waals surface area contributed by atoms with Gasteiger partial charge in [-0.25, -0.2) is 5.43 Å². The molecular formula is C22H21N3O4. The van der Waals surface area contributed by atoms with Gasteiger partial charge in [-0.15, -0.1) is 0 Å². The molecule has 7 nitrogen and oxygen atoms in total. The Labute approximate surface area is 168 Å². The number of aryl methyl sites for hydroxylation is 1. The van der Waals surface area contributed by atoms with Crippen molar-refractivity contribution < 1.29 is 18.7 Å². The first kappa shape index (κ1) is 19.9. The van der Waals surface area contributed by atoms with E-state index in [-0.39, 0.29) is 11.8 Å². The van der Waals surface area contributed by atoms with Crippen LogP contribution >= 0.6 is 0 Å². The Morgan fingerprint density at radius 1 is 0.931 bits per heavy atom. The summed E-state index contributed by atoms with van der Waals surface area (Å²) in [7, 11) is 1.58. The fourth-order valence-corrected chi connectivity index (χ4v) is 2.62. The minimum absolute atomic E-state index is 0.214. The smallest absolute Gasteiger partial charge is 0.274 e. The van der Waals surface area contributed by atoms with Crippen LogP contribution in [0.15, 0.2) is 70.4 Å². The number of carbonyl (C=O) groups excluding carboxylic acids is 2. The van der Waals surface area contributed by atoms with Crippen LogP contribution in [0.5, 0.6) is 5.75 Å². The van der Waals surface area contributed by atoms with E-state index in [0.29, 0.717) is 34.0 Å². The van der Waals surface area contributed by atoms with Gasteiger partial charge in [0, 0.05) is 11.3 Å². The van der Waals surface area contributed by atoms with Crippen molar-refractivity contribution in [2.45, 2.75) is 13.8 Å². The summed E-state index contributed by atoms with van der Waals surface area (Å²) in [6, 6.07) is 15.6. The lowest BCUT2D eigenvalue weighted by Crippen LogP contribution is -2.19. The van der Waals surface area contributed by atoms with E-state index in [1.54, 1.807) is 63.4 Å². The molecule has 7 heteroatoms. The standard InChI is InChI=1S/C22H21N3O4/c1-14(24-25-22(27)20-12-13-29-15(20)2)16-4-8-18(9-5-16)23-21(26)17-6-10-19(28-3)11-7-17/h4-13H,1-3H3,(H,23,26)(H,25,27). The molecule has 0 radical (unpaired) electrons. The van der Waals surface area contributed by atoms with Gasteiger partial charge < -0.3 is 14.5 Å². The summed E-state index contributed by atoms with van der Waals surface area (Å²) in [6.45, 7) is 3.50. The van der Waals surface area contributed by atoms with Crippen molar-refractivity contribution in [3.63, 3.8) is 0 Å². The number of hydrogen-bond acceptors (Lipinski definition) is 5. The minimum Gasteiger partial charge on any atom is -0.497 e. The van der Waals surface area contributed by atoms with E-state index in [1.165, 1.54) is 6.26 Å². The highest BCUT2D eigenvalue weighted by atomic mass is 16.5. The van der Waals surface area contributed by atoms with Gasteiger partial charge in [0.1, 0.15) is 11.5 Å². The quantitative estimate of drug-likeness (QED) is 0.491. The molecule has 148 valence electrons. The van der Waals surface area contributed by atoms with Crippen molar-refractivity contribution in [2.75, 3.05) is 12.4 Å². The highest BCUT2D eigenvalue weighted by molar-refractivity contribution is 6.05. The number of nitrogens with one attached hydrogen (secondary N) is 2. The monoisotopic (exact) mass is 391 g/mol. The molecule has 0 saturated heterocycles. The molecule has 0 spiro atoms. The molecule has 2 aromatic carbocycles. The van der Waals surface area contributed by atoms with Gasteiger partial charge in [-0.05, 0) is 61.9 Å². The number of rotatable bonds is 6. The predicted molar refractivity (Wildman–Crippen MR) is 111 cm³/mol. The number of hydrogen-bond donors (Lipinski definition) is 2. The van der Waals surface area contributed by atoms with Crippen molar-refractivity contribution in [1.82, 2.24) is 5.43 Å². The Kier molecular flexibility index (Phi) is 6.09. The Morgan fingerprint density at radius 2 is 1.59 bits per heavy atom. The fourth-order valence-electron chi connectivity index (χ4n) is 2.62. The summed E-state index contributed by atoms with van der Waals surface area (Å²) in [5.74, 6) is 0.676. The summed E-state index contributed by atoms with van der Waals surface area (Å²) in [5, 5.41) is 6.96. The first-order valence-electron chi connectivity index (χ1n) is 8.92. The van der Waals surface area contributed by atoms with Crippen LogP contribution in [0.2, 0.25) is 0 Å². The highest BCUT2D eigenvalue weighted by Gasteiger charge is 2.11. The SMILES string of the molecule is COc1ccc(C(=O)Nc2ccc(C(C)=NNC(=O)c3ccoc3C)cc2)cc1. The molecular weight excluding hydrogens is 370 g/mol. The molecule has 0 saturated carbocycles. The molecule has 0 aliphatic rings. The Bertz CT molecular complexity index is 1030. The van der Waals surface area contributed by atoms with E-state index in [9.17, 15) is 9.59 Å². The third kappa shape index (κ3) is 4.90. The second kappa shape index (κ2) is 8.88. The number of hydrazone groups is 1. The minimum atomic E-state index is -0.334. The molecule has 0 bridgehead atoms. The maximum Gasteiger partial charge on any atom is 0.274 e. The Hall–Kier alpha value is -3.87. The molecule has 2 N–H and O–H groups in total. The van der Waals surface area contributed by atoms with Gasteiger partial charge in [0.15, 0.2) is 0 Å². The Morgan fingerprint density at radius 3 is 2.17 bits per heavy atom. The van der Waals surface area contributed by atoms with Crippen molar-refractivity contribution in [3.05, 3.63) is 83.3 Å². The number of furan rings is 1. The first-order valence-corrected chi connectivity index (χ1v) is 8.92. The summed E-state index contributed by atoms with van der Waals surface area (Å²) in [6.07, 6.45) is 1.46. The van der Waals surface area contributed by atoms with Crippen molar-refractivity contribution >= 4 is 23.2 Å². The molecule has 0 aliphatic carbocycles. The van der Waals surface area contributed by atoms with Crippen molar-refractivity contribution in [2.24, 2.45) is 5.10 Å². The predicted octanol–water partition coefficient (Wildman–Crippen LogP) is 4.00. The summed E-state index contributed by atoms with van der Waals surface area (Å²) in [4.78, 5) is 24.4. The molecule has 29 heavy (non-hydrogen) atoms. The summed E-state index contributed by atoms with van der Waals surface area (Å²) >= 11 is 0. The van der Waals surface area contributed by atoms with Crippen LogP contribution in [0.25, 0.3) is 0 Å². The third-order valence-electron chi connectivity index (χ3n) is 4.34. The van der Waals surface area contributed by atoms with Gasteiger partial charge in [0.05, 0.1) is 24.6 Å². The highest BCUT2D eigenvalue weighted by Crippen LogP contribution is 2.15. The molecule has 0 fully saturated rings. The maximum absolute atomic E-state index is 12.3. The van der Waals surface area contributed by atoms with Gasteiger partial charge >= 0.3 is 0 Å². The average molecular weight is 391 g/mol. The molecule has 1 aromatic heterocycles. The number of carbonyl (C=O) groups is 2.